The Bertz CT molecular complexity index is 493. The van der Waals surface area contributed by atoms with Crippen molar-refractivity contribution in [3.05, 3.63) is 12.2 Å². The summed E-state index contributed by atoms with van der Waals surface area (Å²) < 4.78 is 1.90. The number of rotatable bonds is 5. The lowest BCUT2D eigenvalue weighted by atomic mass is 10.0. The number of aromatic nitrogens is 3. The Morgan fingerprint density at radius 2 is 1.90 bits per heavy atom. The summed E-state index contributed by atoms with van der Waals surface area (Å²) in [6.07, 6.45) is 1.64. The second kappa shape index (κ2) is 6.02. The summed E-state index contributed by atoms with van der Waals surface area (Å²) in [6.45, 7) is 10.6. The minimum atomic E-state index is -0.969. The van der Waals surface area contributed by atoms with E-state index in [4.69, 9.17) is 0 Å². The van der Waals surface area contributed by atoms with E-state index in [-0.39, 0.29) is 23.9 Å². The number of hydrogen-bond acceptors (Lipinski definition) is 4. The minimum Gasteiger partial charge on any atom is -0.344 e. The van der Waals surface area contributed by atoms with Crippen molar-refractivity contribution in [2.45, 2.75) is 59.2 Å². The van der Waals surface area contributed by atoms with Gasteiger partial charge in [-0.3, -0.25) is 9.59 Å². The number of carbonyl (C=O) groups excluding carboxylic acids is 2. The average molecular weight is 281 g/mol. The second-order valence-electron chi connectivity index (χ2n) is 5.69. The maximum Gasteiger partial charge on any atom is 0.245 e. The Hall–Kier alpha value is -1.92. The van der Waals surface area contributed by atoms with Crippen LogP contribution in [0.3, 0.4) is 0 Å². The molecule has 1 aromatic rings. The van der Waals surface area contributed by atoms with Crippen LogP contribution in [0.15, 0.2) is 6.33 Å². The van der Waals surface area contributed by atoms with Crippen molar-refractivity contribution in [3.63, 3.8) is 0 Å². The third-order valence-electron chi connectivity index (χ3n) is 2.95. The highest BCUT2D eigenvalue weighted by Gasteiger charge is 2.30. The molecule has 1 atom stereocenters. The minimum absolute atomic E-state index is 0.211. The van der Waals surface area contributed by atoms with E-state index in [1.54, 1.807) is 20.2 Å². The molecule has 7 heteroatoms. The Morgan fingerprint density at radius 3 is 2.40 bits per heavy atom. The van der Waals surface area contributed by atoms with Crippen LogP contribution in [0.1, 0.15) is 59.5 Å². The number of nitrogens with one attached hydrogen (secondary N) is 2. The summed E-state index contributed by atoms with van der Waals surface area (Å²) in [4.78, 5) is 23.3. The lowest BCUT2D eigenvalue weighted by Gasteiger charge is -2.26. The summed E-state index contributed by atoms with van der Waals surface area (Å²) in [5.41, 5.74) is -0.969. The molecule has 0 saturated carbocycles. The third kappa shape index (κ3) is 3.79. The zero-order valence-electron chi connectivity index (χ0n) is 12.9. The molecular formula is C13H23N5O2. The number of hydrogen-bond donors (Lipinski definition) is 2. The summed E-state index contributed by atoms with van der Waals surface area (Å²) in [5, 5.41) is 13.4. The van der Waals surface area contributed by atoms with Gasteiger partial charge >= 0.3 is 0 Å². The lowest BCUT2D eigenvalue weighted by Crippen LogP contribution is -2.54. The van der Waals surface area contributed by atoms with Gasteiger partial charge in [-0.25, -0.2) is 0 Å². The van der Waals surface area contributed by atoms with Gasteiger partial charge in [-0.1, -0.05) is 0 Å². The van der Waals surface area contributed by atoms with E-state index >= 15 is 0 Å². The first-order valence-corrected chi connectivity index (χ1v) is 6.64. The highest BCUT2D eigenvalue weighted by atomic mass is 16.2. The quantitative estimate of drug-likeness (QED) is 0.841. The third-order valence-corrected chi connectivity index (χ3v) is 2.95. The summed E-state index contributed by atoms with van der Waals surface area (Å²) in [5.74, 6) is 0.175. The molecule has 20 heavy (non-hydrogen) atoms. The van der Waals surface area contributed by atoms with Gasteiger partial charge in [0.25, 0.3) is 0 Å². The molecule has 0 aliphatic carbocycles. The molecule has 0 aliphatic rings. The monoisotopic (exact) mass is 281 g/mol. The molecule has 2 N–H and O–H groups in total. The zero-order valence-corrected chi connectivity index (χ0v) is 12.9. The molecule has 0 saturated heterocycles. The average Bonchev–Trinajstić information content (AvgIpc) is 2.75. The molecule has 0 radical (unpaired) electrons. The molecule has 2 amide bonds. The fourth-order valence-electron chi connectivity index (χ4n) is 1.90. The maximum absolute atomic E-state index is 12.2. The molecule has 0 aromatic carbocycles. The van der Waals surface area contributed by atoms with Crippen LogP contribution in [0.2, 0.25) is 0 Å². The summed E-state index contributed by atoms with van der Waals surface area (Å²) >= 11 is 0. The van der Waals surface area contributed by atoms with Crippen molar-refractivity contribution in [3.8, 4) is 0 Å². The molecule has 0 spiro atoms. The summed E-state index contributed by atoms with van der Waals surface area (Å²) in [7, 11) is 0. The van der Waals surface area contributed by atoms with E-state index in [1.165, 1.54) is 6.92 Å². The van der Waals surface area contributed by atoms with Crippen molar-refractivity contribution in [2.24, 2.45) is 0 Å². The van der Waals surface area contributed by atoms with E-state index in [1.807, 2.05) is 25.3 Å². The Balaban J connectivity index is 2.80. The number of amides is 2. The number of nitrogens with zero attached hydrogens (tertiary/aromatic N) is 3. The Kier molecular flexibility index (Phi) is 4.86. The molecule has 0 fully saturated rings. The highest BCUT2D eigenvalue weighted by molar-refractivity contribution is 5.90. The van der Waals surface area contributed by atoms with Gasteiger partial charge < -0.3 is 15.2 Å². The van der Waals surface area contributed by atoms with Crippen molar-refractivity contribution in [1.82, 2.24) is 25.4 Å². The first-order chi connectivity index (χ1) is 9.15. The fraction of sp³-hybridized carbons (Fsp3) is 0.692. The van der Waals surface area contributed by atoms with E-state index < -0.39 is 5.54 Å². The molecule has 1 unspecified atom stereocenters. The topological polar surface area (TPSA) is 88.9 Å². The van der Waals surface area contributed by atoms with Gasteiger partial charge in [0, 0.05) is 13.0 Å². The van der Waals surface area contributed by atoms with Crippen LogP contribution >= 0.6 is 0 Å². The number of carbonyl (C=O) groups is 2. The second-order valence-corrected chi connectivity index (χ2v) is 5.69. The molecular weight excluding hydrogens is 258 g/mol. The van der Waals surface area contributed by atoms with Crippen molar-refractivity contribution in [1.29, 1.82) is 0 Å². The van der Waals surface area contributed by atoms with E-state index in [0.717, 1.165) is 0 Å². The molecule has 0 bridgehead atoms. The predicted octanol–water partition coefficient (Wildman–Crippen LogP) is 0.951. The lowest BCUT2D eigenvalue weighted by molar-refractivity contribution is -0.132. The normalized spacial score (nSPS) is 13.2. The molecule has 1 heterocycles. The van der Waals surface area contributed by atoms with Crippen LogP contribution in [0.25, 0.3) is 0 Å². The van der Waals surface area contributed by atoms with Crippen LogP contribution in [0, 0.1) is 0 Å². The maximum atomic E-state index is 12.2. The molecule has 112 valence electrons. The Morgan fingerprint density at radius 1 is 1.30 bits per heavy atom. The van der Waals surface area contributed by atoms with Gasteiger partial charge in [-0.05, 0) is 34.6 Å². The summed E-state index contributed by atoms with van der Waals surface area (Å²) in [6, 6.07) is -0.0804. The standard InChI is InChI=1S/C13H23N5O2/c1-8(2)18-7-14-17-11(18)9(3)15-12(20)13(5,6)16-10(4)19/h7-9H,1-6H3,(H,15,20)(H,16,19). The van der Waals surface area contributed by atoms with Crippen molar-refractivity contribution in [2.75, 3.05) is 0 Å². The van der Waals surface area contributed by atoms with E-state index in [2.05, 4.69) is 20.8 Å². The van der Waals surface area contributed by atoms with Gasteiger partial charge in [-0.2, -0.15) is 0 Å². The van der Waals surface area contributed by atoms with Gasteiger partial charge in [0.05, 0.1) is 6.04 Å². The van der Waals surface area contributed by atoms with Gasteiger partial charge in [0.2, 0.25) is 11.8 Å². The predicted molar refractivity (Wildman–Crippen MR) is 74.9 cm³/mol. The zero-order chi connectivity index (χ0) is 15.5. The molecule has 1 aromatic heterocycles. The molecule has 0 aliphatic heterocycles. The van der Waals surface area contributed by atoms with Crippen LogP contribution in [0.5, 0.6) is 0 Å². The first-order valence-electron chi connectivity index (χ1n) is 6.64. The largest absolute Gasteiger partial charge is 0.344 e. The Labute approximate surface area is 119 Å². The van der Waals surface area contributed by atoms with Crippen molar-refractivity contribution < 1.29 is 9.59 Å². The van der Waals surface area contributed by atoms with E-state index in [9.17, 15) is 9.59 Å². The molecule has 1 rings (SSSR count). The fourth-order valence-corrected chi connectivity index (χ4v) is 1.90. The highest BCUT2D eigenvalue weighted by Crippen LogP contribution is 2.15. The SMILES string of the molecule is CC(=O)NC(C)(C)C(=O)NC(C)c1nncn1C(C)C. The smallest absolute Gasteiger partial charge is 0.245 e. The first kappa shape index (κ1) is 16.1. The van der Waals surface area contributed by atoms with Crippen LogP contribution in [-0.2, 0) is 9.59 Å². The van der Waals surface area contributed by atoms with Crippen molar-refractivity contribution >= 4 is 11.8 Å². The van der Waals surface area contributed by atoms with Crippen LogP contribution in [0.4, 0.5) is 0 Å². The molecule has 7 nitrogen and oxygen atoms in total. The van der Waals surface area contributed by atoms with Crippen LogP contribution in [-0.4, -0.2) is 32.1 Å². The van der Waals surface area contributed by atoms with Gasteiger partial charge in [0.1, 0.15) is 11.9 Å². The van der Waals surface area contributed by atoms with E-state index in [0.29, 0.717) is 5.82 Å². The van der Waals surface area contributed by atoms with Gasteiger partial charge in [0.15, 0.2) is 5.82 Å². The van der Waals surface area contributed by atoms with Gasteiger partial charge in [-0.15, -0.1) is 10.2 Å². The van der Waals surface area contributed by atoms with Crippen LogP contribution < -0.4 is 10.6 Å².